The second-order valence-electron chi connectivity index (χ2n) is 8.00. The standard InChI is InChI=1S/C23H27ClN2O2/c1-14(2)19-9-6-10-20(15(3)4)22(19)25-23(28)16-11-21(27)26(13-16)18-8-5-7-17(24)12-18/h5-10,12,14-16H,11,13H2,1-4H3,(H,25,28). The first kappa shape index (κ1) is 20.4. The van der Waals surface area contributed by atoms with E-state index in [4.69, 9.17) is 11.6 Å². The van der Waals surface area contributed by atoms with Crippen molar-refractivity contribution >= 4 is 34.8 Å². The van der Waals surface area contributed by atoms with Crippen LogP contribution in [0.2, 0.25) is 5.02 Å². The molecule has 1 unspecified atom stereocenters. The van der Waals surface area contributed by atoms with E-state index in [0.29, 0.717) is 23.4 Å². The van der Waals surface area contributed by atoms with Gasteiger partial charge in [-0.1, -0.05) is 63.6 Å². The average molecular weight is 399 g/mol. The van der Waals surface area contributed by atoms with Crippen LogP contribution in [-0.4, -0.2) is 18.4 Å². The van der Waals surface area contributed by atoms with Gasteiger partial charge in [-0.3, -0.25) is 9.59 Å². The van der Waals surface area contributed by atoms with E-state index in [-0.39, 0.29) is 24.2 Å². The summed E-state index contributed by atoms with van der Waals surface area (Å²) in [6, 6.07) is 13.3. The van der Waals surface area contributed by atoms with Crippen molar-refractivity contribution in [3.8, 4) is 0 Å². The molecule has 2 aromatic rings. The first-order valence-electron chi connectivity index (χ1n) is 9.77. The Hall–Kier alpha value is -2.33. The summed E-state index contributed by atoms with van der Waals surface area (Å²) in [4.78, 5) is 27.2. The average Bonchev–Trinajstić information content (AvgIpc) is 3.03. The van der Waals surface area contributed by atoms with Gasteiger partial charge in [-0.25, -0.2) is 0 Å². The number of carbonyl (C=O) groups excluding carboxylic acids is 2. The molecule has 1 saturated heterocycles. The van der Waals surface area contributed by atoms with Crippen molar-refractivity contribution in [1.82, 2.24) is 0 Å². The number of nitrogens with one attached hydrogen (secondary N) is 1. The molecule has 1 atom stereocenters. The SMILES string of the molecule is CC(C)c1cccc(C(C)C)c1NC(=O)C1CC(=O)N(c2cccc(Cl)c2)C1. The molecule has 1 aliphatic heterocycles. The highest BCUT2D eigenvalue weighted by atomic mass is 35.5. The van der Waals surface area contributed by atoms with Gasteiger partial charge in [0.05, 0.1) is 5.92 Å². The van der Waals surface area contributed by atoms with Crippen molar-refractivity contribution in [3.63, 3.8) is 0 Å². The van der Waals surface area contributed by atoms with Gasteiger partial charge in [-0.15, -0.1) is 0 Å². The minimum atomic E-state index is -0.383. The van der Waals surface area contributed by atoms with Gasteiger partial charge in [-0.2, -0.15) is 0 Å². The van der Waals surface area contributed by atoms with Crippen molar-refractivity contribution in [2.75, 3.05) is 16.8 Å². The molecule has 0 aliphatic carbocycles. The van der Waals surface area contributed by atoms with Gasteiger partial charge in [0.15, 0.2) is 0 Å². The molecule has 3 rings (SSSR count). The predicted molar refractivity (Wildman–Crippen MR) is 115 cm³/mol. The molecule has 0 spiro atoms. The van der Waals surface area contributed by atoms with Gasteiger partial charge in [0, 0.05) is 29.4 Å². The first-order chi connectivity index (χ1) is 13.3. The van der Waals surface area contributed by atoms with Gasteiger partial charge >= 0.3 is 0 Å². The molecule has 28 heavy (non-hydrogen) atoms. The lowest BCUT2D eigenvalue weighted by Gasteiger charge is -2.22. The lowest BCUT2D eigenvalue weighted by molar-refractivity contribution is -0.122. The highest BCUT2D eigenvalue weighted by Gasteiger charge is 2.35. The van der Waals surface area contributed by atoms with Crippen molar-refractivity contribution in [2.45, 2.75) is 46.0 Å². The van der Waals surface area contributed by atoms with Crippen LogP contribution < -0.4 is 10.2 Å². The maximum atomic E-state index is 13.0. The van der Waals surface area contributed by atoms with E-state index in [9.17, 15) is 9.59 Å². The number of para-hydroxylation sites is 1. The molecule has 1 N–H and O–H groups in total. The number of amides is 2. The molecule has 5 heteroatoms. The van der Waals surface area contributed by atoms with Crippen LogP contribution in [0, 0.1) is 5.92 Å². The number of rotatable bonds is 5. The van der Waals surface area contributed by atoms with E-state index in [1.165, 1.54) is 0 Å². The Morgan fingerprint density at radius 1 is 1.07 bits per heavy atom. The molecule has 2 amide bonds. The van der Waals surface area contributed by atoms with Crippen LogP contribution in [0.3, 0.4) is 0 Å². The number of benzene rings is 2. The fourth-order valence-corrected chi connectivity index (χ4v) is 3.88. The first-order valence-corrected chi connectivity index (χ1v) is 10.1. The number of halogens is 1. The molecule has 1 aliphatic rings. The summed E-state index contributed by atoms with van der Waals surface area (Å²) in [5.41, 5.74) is 3.87. The molecule has 2 aromatic carbocycles. The largest absolute Gasteiger partial charge is 0.325 e. The number of anilines is 2. The van der Waals surface area contributed by atoms with Gasteiger partial charge in [0.25, 0.3) is 0 Å². The van der Waals surface area contributed by atoms with Gasteiger partial charge in [0.2, 0.25) is 11.8 Å². The molecule has 1 fully saturated rings. The second kappa shape index (κ2) is 8.36. The number of hydrogen-bond acceptors (Lipinski definition) is 2. The molecular formula is C23H27ClN2O2. The summed E-state index contributed by atoms with van der Waals surface area (Å²) in [5.74, 6) is 0.0487. The van der Waals surface area contributed by atoms with E-state index in [1.807, 2.05) is 18.2 Å². The summed E-state index contributed by atoms with van der Waals surface area (Å²) in [7, 11) is 0. The van der Waals surface area contributed by atoms with Crippen LogP contribution in [0.5, 0.6) is 0 Å². The van der Waals surface area contributed by atoms with E-state index < -0.39 is 0 Å². The fourth-order valence-electron chi connectivity index (χ4n) is 3.70. The molecule has 0 radical (unpaired) electrons. The zero-order valence-corrected chi connectivity index (χ0v) is 17.6. The molecular weight excluding hydrogens is 372 g/mol. The van der Waals surface area contributed by atoms with Gasteiger partial charge < -0.3 is 10.2 Å². The quantitative estimate of drug-likeness (QED) is 0.714. The Balaban J connectivity index is 1.82. The van der Waals surface area contributed by atoms with E-state index in [1.54, 1.807) is 17.0 Å². The normalized spacial score (nSPS) is 16.9. The fraction of sp³-hybridized carbons (Fsp3) is 0.391. The smallest absolute Gasteiger partial charge is 0.229 e. The molecule has 0 saturated carbocycles. The third kappa shape index (κ3) is 4.22. The highest BCUT2D eigenvalue weighted by molar-refractivity contribution is 6.31. The lowest BCUT2D eigenvalue weighted by atomic mass is 9.92. The van der Waals surface area contributed by atoms with Crippen LogP contribution in [-0.2, 0) is 9.59 Å². The van der Waals surface area contributed by atoms with Gasteiger partial charge in [-0.05, 0) is 41.2 Å². The second-order valence-corrected chi connectivity index (χ2v) is 8.43. The Morgan fingerprint density at radius 2 is 1.68 bits per heavy atom. The van der Waals surface area contributed by atoms with Crippen LogP contribution in [0.1, 0.15) is 57.1 Å². The van der Waals surface area contributed by atoms with Crippen LogP contribution in [0.25, 0.3) is 0 Å². The molecule has 1 heterocycles. The van der Waals surface area contributed by atoms with Crippen LogP contribution >= 0.6 is 11.6 Å². The van der Waals surface area contributed by atoms with Crippen molar-refractivity contribution in [3.05, 3.63) is 58.6 Å². The van der Waals surface area contributed by atoms with E-state index >= 15 is 0 Å². The van der Waals surface area contributed by atoms with E-state index in [0.717, 1.165) is 22.5 Å². The molecule has 0 aromatic heterocycles. The Bertz CT molecular complexity index is 866. The van der Waals surface area contributed by atoms with Crippen molar-refractivity contribution in [1.29, 1.82) is 0 Å². The van der Waals surface area contributed by atoms with Crippen LogP contribution in [0.15, 0.2) is 42.5 Å². The lowest BCUT2D eigenvalue weighted by Crippen LogP contribution is -2.28. The summed E-state index contributed by atoms with van der Waals surface area (Å²) >= 11 is 6.05. The Kier molecular flexibility index (Phi) is 6.09. The minimum Gasteiger partial charge on any atom is -0.325 e. The topological polar surface area (TPSA) is 49.4 Å². The van der Waals surface area contributed by atoms with Crippen LogP contribution in [0.4, 0.5) is 11.4 Å². The zero-order valence-electron chi connectivity index (χ0n) is 16.8. The Morgan fingerprint density at radius 3 is 2.25 bits per heavy atom. The summed E-state index contributed by atoms with van der Waals surface area (Å²) < 4.78 is 0. The highest BCUT2D eigenvalue weighted by Crippen LogP contribution is 2.34. The summed E-state index contributed by atoms with van der Waals surface area (Å²) in [5, 5.41) is 3.72. The molecule has 4 nitrogen and oxygen atoms in total. The third-order valence-electron chi connectivity index (χ3n) is 5.24. The Labute approximate surface area is 171 Å². The maximum absolute atomic E-state index is 13.0. The number of carbonyl (C=O) groups is 2. The zero-order chi connectivity index (χ0) is 20.4. The van der Waals surface area contributed by atoms with Gasteiger partial charge in [0.1, 0.15) is 0 Å². The minimum absolute atomic E-state index is 0.0522. The molecule has 148 valence electrons. The monoisotopic (exact) mass is 398 g/mol. The number of nitrogens with zero attached hydrogens (tertiary/aromatic N) is 1. The summed E-state index contributed by atoms with van der Waals surface area (Å²) in [6.07, 6.45) is 0.208. The number of hydrogen-bond donors (Lipinski definition) is 1. The molecule has 0 bridgehead atoms. The third-order valence-corrected chi connectivity index (χ3v) is 5.47. The van der Waals surface area contributed by atoms with Crippen molar-refractivity contribution in [2.24, 2.45) is 5.92 Å². The van der Waals surface area contributed by atoms with E-state index in [2.05, 4.69) is 45.1 Å². The van der Waals surface area contributed by atoms with Crippen molar-refractivity contribution < 1.29 is 9.59 Å². The summed E-state index contributed by atoms with van der Waals surface area (Å²) in [6.45, 7) is 8.85. The predicted octanol–water partition coefficient (Wildman–Crippen LogP) is 5.58. The maximum Gasteiger partial charge on any atom is 0.229 e.